The number of rotatable bonds is 7. The molecule has 1 fully saturated rings. The van der Waals surface area contributed by atoms with Crippen LogP contribution in [0.3, 0.4) is 0 Å². The van der Waals surface area contributed by atoms with Gasteiger partial charge in [0, 0.05) is 17.5 Å². The first-order valence-electron chi connectivity index (χ1n) is 8.40. The first-order valence-corrected chi connectivity index (χ1v) is 8.40. The lowest BCUT2D eigenvalue weighted by Gasteiger charge is -2.57. The van der Waals surface area contributed by atoms with Crippen LogP contribution in [0, 0.1) is 12.3 Å². The van der Waals surface area contributed by atoms with Crippen molar-refractivity contribution in [1.82, 2.24) is 0 Å². The van der Waals surface area contributed by atoms with Crippen molar-refractivity contribution < 1.29 is 4.74 Å². The maximum Gasteiger partial charge on any atom is 0.122 e. The van der Waals surface area contributed by atoms with E-state index in [1.807, 2.05) is 0 Å². The van der Waals surface area contributed by atoms with E-state index in [0.29, 0.717) is 5.41 Å². The SMILES string of the molecule is CCCC1(CCC)CC(CN)(c2cc(C)ccc2OC)C1. The molecule has 0 radical (unpaired) electrons. The highest BCUT2D eigenvalue weighted by atomic mass is 16.5. The van der Waals surface area contributed by atoms with E-state index in [0.717, 1.165) is 12.3 Å². The van der Waals surface area contributed by atoms with E-state index in [1.54, 1.807) is 7.11 Å². The molecule has 21 heavy (non-hydrogen) atoms. The highest BCUT2D eigenvalue weighted by molar-refractivity contribution is 5.45. The molecule has 2 nitrogen and oxygen atoms in total. The molecule has 0 heterocycles. The summed E-state index contributed by atoms with van der Waals surface area (Å²) in [7, 11) is 1.77. The van der Waals surface area contributed by atoms with E-state index in [4.69, 9.17) is 10.5 Å². The van der Waals surface area contributed by atoms with Gasteiger partial charge in [0.25, 0.3) is 0 Å². The van der Waals surface area contributed by atoms with Crippen LogP contribution in [0.5, 0.6) is 5.75 Å². The normalized spacial score (nSPS) is 19.1. The van der Waals surface area contributed by atoms with Crippen molar-refractivity contribution in [2.24, 2.45) is 11.1 Å². The van der Waals surface area contributed by atoms with Crippen molar-refractivity contribution in [2.45, 2.75) is 64.7 Å². The van der Waals surface area contributed by atoms with E-state index in [9.17, 15) is 0 Å². The maximum absolute atomic E-state index is 6.23. The Morgan fingerprint density at radius 1 is 1.14 bits per heavy atom. The quantitative estimate of drug-likeness (QED) is 0.797. The second-order valence-corrected chi connectivity index (χ2v) is 7.04. The van der Waals surface area contributed by atoms with Crippen molar-refractivity contribution >= 4 is 0 Å². The number of hydrogen-bond donors (Lipinski definition) is 1. The fraction of sp³-hybridized carbons (Fsp3) is 0.684. The van der Waals surface area contributed by atoms with Crippen LogP contribution in [0.15, 0.2) is 18.2 Å². The Labute approximate surface area is 130 Å². The predicted molar refractivity (Wildman–Crippen MR) is 89.9 cm³/mol. The van der Waals surface area contributed by atoms with Crippen LogP contribution in [0.25, 0.3) is 0 Å². The molecule has 1 aromatic rings. The van der Waals surface area contributed by atoms with Gasteiger partial charge in [0.05, 0.1) is 7.11 Å². The first-order chi connectivity index (χ1) is 10.0. The van der Waals surface area contributed by atoms with Crippen LogP contribution < -0.4 is 10.5 Å². The average molecular weight is 289 g/mol. The molecule has 0 aromatic heterocycles. The zero-order valence-electron chi connectivity index (χ0n) is 14.2. The minimum absolute atomic E-state index is 0.127. The highest BCUT2D eigenvalue weighted by Crippen LogP contribution is 2.61. The Bertz CT molecular complexity index is 466. The van der Waals surface area contributed by atoms with Crippen molar-refractivity contribution in [3.05, 3.63) is 29.3 Å². The summed E-state index contributed by atoms with van der Waals surface area (Å²) < 4.78 is 5.62. The minimum Gasteiger partial charge on any atom is -0.496 e. The zero-order chi connectivity index (χ0) is 15.5. The number of benzene rings is 1. The van der Waals surface area contributed by atoms with Crippen molar-refractivity contribution in [2.75, 3.05) is 13.7 Å². The summed E-state index contributed by atoms with van der Waals surface area (Å²) in [5, 5.41) is 0. The third-order valence-corrected chi connectivity index (χ3v) is 5.30. The van der Waals surface area contributed by atoms with Gasteiger partial charge in [0.15, 0.2) is 0 Å². The van der Waals surface area contributed by atoms with E-state index >= 15 is 0 Å². The predicted octanol–water partition coefficient (Wildman–Crippen LogP) is 4.58. The van der Waals surface area contributed by atoms with E-state index in [-0.39, 0.29) is 5.41 Å². The fourth-order valence-corrected chi connectivity index (χ4v) is 4.60. The van der Waals surface area contributed by atoms with Gasteiger partial charge in [-0.05, 0) is 44.1 Å². The lowest BCUT2D eigenvalue weighted by atomic mass is 9.47. The number of methoxy groups -OCH3 is 1. The zero-order valence-corrected chi connectivity index (χ0v) is 14.2. The summed E-state index contributed by atoms with van der Waals surface area (Å²) in [6, 6.07) is 6.51. The third kappa shape index (κ3) is 2.96. The van der Waals surface area contributed by atoms with Crippen LogP contribution in [0.1, 0.15) is 63.5 Å². The monoisotopic (exact) mass is 289 g/mol. The summed E-state index contributed by atoms with van der Waals surface area (Å²) in [5.41, 5.74) is 9.49. The molecule has 1 aliphatic rings. The largest absolute Gasteiger partial charge is 0.496 e. The van der Waals surface area contributed by atoms with Gasteiger partial charge >= 0.3 is 0 Å². The van der Waals surface area contributed by atoms with Gasteiger partial charge in [-0.15, -0.1) is 0 Å². The molecule has 1 aliphatic carbocycles. The Kier molecular flexibility index (Phi) is 4.98. The first kappa shape index (κ1) is 16.4. The molecule has 0 unspecified atom stereocenters. The molecule has 118 valence electrons. The molecule has 2 heteroatoms. The number of nitrogens with two attached hydrogens (primary N) is 1. The molecule has 1 saturated carbocycles. The highest BCUT2D eigenvalue weighted by Gasteiger charge is 2.54. The van der Waals surface area contributed by atoms with Gasteiger partial charge in [-0.1, -0.05) is 44.4 Å². The third-order valence-electron chi connectivity index (χ3n) is 5.30. The molecule has 0 spiro atoms. The van der Waals surface area contributed by atoms with Gasteiger partial charge in [0.2, 0.25) is 0 Å². The Morgan fingerprint density at radius 2 is 1.76 bits per heavy atom. The molecular weight excluding hydrogens is 258 g/mol. The standard InChI is InChI=1S/C19H31NO/c1-5-9-18(10-6-2)12-19(13-18,14-20)16-11-15(3)7-8-17(16)21-4/h7-8,11H,5-6,9-10,12-14,20H2,1-4H3. The number of aryl methyl sites for hydroxylation is 1. The molecule has 0 atom stereocenters. The lowest BCUT2D eigenvalue weighted by Crippen LogP contribution is -2.54. The summed E-state index contributed by atoms with van der Waals surface area (Å²) in [4.78, 5) is 0. The van der Waals surface area contributed by atoms with Gasteiger partial charge in [-0.3, -0.25) is 0 Å². The van der Waals surface area contributed by atoms with Gasteiger partial charge in [0.1, 0.15) is 5.75 Å². The van der Waals surface area contributed by atoms with Gasteiger partial charge in [-0.25, -0.2) is 0 Å². The summed E-state index contributed by atoms with van der Waals surface area (Å²) in [6.45, 7) is 7.47. The number of ether oxygens (including phenoxy) is 1. The topological polar surface area (TPSA) is 35.2 Å². The molecular formula is C19H31NO. The minimum atomic E-state index is 0.127. The molecule has 0 aliphatic heterocycles. The van der Waals surface area contributed by atoms with Crippen LogP contribution >= 0.6 is 0 Å². The van der Waals surface area contributed by atoms with Crippen molar-refractivity contribution in [3.8, 4) is 5.75 Å². The average Bonchev–Trinajstić information content (AvgIpc) is 2.44. The molecule has 0 bridgehead atoms. The molecule has 2 rings (SSSR count). The van der Waals surface area contributed by atoms with Crippen molar-refractivity contribution in [1.29, 1.82) is 0 Å². The summed E-state index contributed by atoms with van der Waals surface area (Å²) >= 11 is 0. The number of hydrogen-bond acceptors (Lipinski definition) is 2. The van der Waals surface area contributed by atoms with Crippen LogP contribution in [-0.4, -0.2) is 13.7 Å². The Balaban J connectivity index is 2.31. The maximum atomic E-state index is 6.23. The second kappa shape index (κ2) is 6.39. The van der Waals surface area contributed by atoms with Crippen molar-refractivity contribution in [3.63, 3.8) is 0 Å². The smallest absolute Gasteiger partial charge is 0.122 e. The van der Waals surface area contributed by atoms with E-state index in [1.165, 1.54) is 49.7 Å². The second-order valence-electron chi connectivity index (χ2n) is 7.04. The van der Waals surface area contributed by atoms with E-state index in [2.05, 4.69) is 39.0 Å². The van der Waals surface area contributed by atoms with Gasteiger partial charge < -0.3 is 10.5 Å². The van der Waals surface area contributed by atoms with Gasteiger partial charge in [-0.2, -0.15) is 0 Å². The Morgan fingerprint density at radius 3 is 2.24 bits per heavy atom. The van der Waals surface area contributed by atoms with Crippen LogP contribution in [-0.2, 0) is 5.41 Å². The summed E-state index contributed by atoms with van der Waals surface area (Å²) in [5.74, 6) is 1.01. The molecule has 0 saturated heterocycles. The fourth-order valence-electron chi connectivity index (χ4n) is 4.60. The van der Waals surface area contributed by atoms with Crippen LogP contribution in [0.2, 0.25) is 0 Å². The Hall–Kier alpha value is -1.02. The van der Waals surface area contributed by atoms with Crippen LogP contribution in [0.4, 0.5) is 0 Å². The molecule has 0 amide bonds. The lowest BCUT2D eigenvalue weighted by molar-refractivity contribution is 0.00657. The molecule has 2 N–H and O–H groups in total. The van der Waals surface area contributed by atoms with E-state index < -0.39 is 0 Å². The summed E-state index contributed by atoms with van der Waals surface area (Å²) in [6.07, 6.45) is 7.64. The molecule has 1 aromatic carbocycles.